The minimum absolute atomic E-state index is 0.486. The van der Waals surface area contributed by atoms with Crippen molar-refractivity contribution in [1.82, 2.24) is 15.0 Å². The number of hydrogen-bond acceptors (Lipinski definition) is 5. The first-order chi connectivity index (χ1) is 14.2. The van der Waals surface area contributed by atoms with Crippen LogP contribution < -0.4 is 10.5 Å². The number of ether oxygens (including phenoxy) is 1. The molecule has 0 radical (unpaired) electrons. The number of nitrogens with zero attached hydrogens (tertiary/aromatic N) is 2. The lowest BCUT2D eigenvalue weighted by Crippen LogP contribution is -2.05. The number of H-pyrrole nitrogens is 2. The fourth-order valence-electron chi connectivity index (χ4n) is 3.09. The fourth-order valence-corrected chi connectivity index (χ4v) is 3.09. The highest BCUT2D eigenvalue weighted by atomic mass is 16.5. The van der Waals surface area contributed by atoms with E-state index in [4.69, 9.17) is 10.5 Å². The standard InChI is InChI=1S/C22H21N5O2/c1-24-12-16(11-23)21(28)20-13-26-22(27-20)15-3-2-4-17(10-15)29-18-5-6-19-14(9-18)7-8-25-19/h2-13,21,25,28H,23H2,1H3,(H,26,27)/b16-11+,24-12?. The van der Waals surface area contributed by atoms with Crippen LogP contribution in [0.15, 0.2) is 77.7 Å². The summed E-state index contributed by atoms with van der Waals surface area (Å²) in [5.74, 6) is 2.06. The predicted octanol–water partition coefficient (Wildman–Crippen LogP) is 3.93. The topological polar surface area (TPSA) is 112 Å². The molecule has 0 fully saturated rings. The normalized spacial score (nSPS) is 13.2. The summed E-state index contributed by atoms with van der Waals surface area (Å²) in [5.41, 5.74) is 8.49. The van der Waals surface area contributed by atoms with Crippen LogP contribution in [0, 0.1) is 0 Å². The fraction of sp³-hybridized carbons (Fsp3) is 0.0909. The molecule has 7 heteroatoms. The van der Waals surface area contributed by atoms with Crippen molar-refractivity contribution in [2.45, 2.75) is 6.10 Å². The molecule has 4 aromatic rings. The number of fused-ring (bicyclic) bond motifs is 1. The highest BCUT2D eigenvalue weighted by molar-refractivity contribution is 5.81. The Morgan fingerprint density at radius 3 is 2.90 bits per heavy atom. The van der Waals surface area contributed by atoms with Gasteiger partial charge >= 0.3 is 0 Å². The van der Waals surface area contributed by atoms with Crippen LogP contribution in [0.1, 0.15) is 11.8 Å². The molecule has 5 N–H and O–H groups in total. The molecular weight excluding hydrogens is 366 g/mol. The van der Waals surface area contributed by atoms with Crippen molar-refractivity contribution in [3.8, 4) is 22.9 Å². The number of hydrogen-bond donors (Lipinski definition) is 4. The lowest BCUT2D eigenvalue weighted by atomic mass is 10.1. The second-order valence-corrected chi connectivity index (χ2v) is 6.50. The first-order valence-corrected chi connectivity index (χ1v) is 9.10. The van der Waals surface area contributed by atoms with Gasteiger partial charge in [-0.15, -0.1) is 0 Å². The van der Waals surface area contributed by atoms with Crippen LogP contribution in [0.2, 0.25) is 0 Å². The summed E-state index contributed by atoms with van der Waals surface area (Å²) in [7, 11) is 1.62. The maximum absolute atomic E-state index is 10.5. The van der Waals surface area contributed by atoms with Crippen LogP contribution in [0.3, 0.4) is 0 Å². The Bertz CT molecular complexity index is 1190. The molecule has 1 atom stereocenters. The Morgan fingerprint density at radius 2 is 2.07 bits per heavy atom. The number of nitrogens with two attached hydrogens (primary N) is 1. The van der Waals surface area contributed by atoms with Crippen molar-refractivity contribution in [1.29, 1.82) is 0 Å². The van der Waals surface area contributed by atoms with Crippen LogP contribution >= 0.6 is 0 Å². The van der Waals surface area contributed by atoms with E-state index >= 15 is 0 Å². The van der Waals surface area contributed by atoms with Gasteiger partial charge in [-0.1, -0.05) is 12.1 Å². The second-order valence-electron chi connectivity index (χ2n) is 6.50. The number of nitrogens with one attached hydrogen (secondary N) is 2. The molecule has 1 unspecified atom stereocenters. The van der Waals surface area contributed by atoms with E-state index in [0.717, 1.165) is 22.2 Å². The Morgan fingerprint density at radius 1 is 1.21 bits per heavy atom. The minimum atomic E-state index is -0.933. The van der Waals surface area contributed by atoms with Gasteiger partial charge in [0.2, 0.25) is 0 Å². The number of aliphatic hydroxyl groups excluding tert-OH is 1. The third-order valence-corrected chi connectivity index (χ3v) is 4.54. The van der Waals surface area contributed by atoms with Crippen molar-refractivity contribution >= 4 is 17.1 Å². The molecule has 2 heterocycles. The molecule has 0 amide bonds. The average molecular weight is 387 g/mol. The zero-order valence-electron chi connectivity index (χ0n) is 15.8. The van der Waals surface area contributed by atoms with Gasteiger partial charge < -0.3 is 25.5 Å². The number of aliphatic hydroxyl groups is 1. The Balaban J connectivity index is 1.56. The van der Waals surface area contributed by atoms with E-state index < -0.39 is 6.10 Å². The minimum Gasteiger partial charge on any atom is -0.457 e. The van der Waals surface area contributed by atoms with E-state index in [1.54, 1.807) is 13.2 Å². The van der Waals surface area contributed by atoms with Crippen molar-refractivity contribution < 1.29 is 9.84 Å². The van der Waals surface area contributed by atoms with Crippen molar-refractivity contribution in [2.24, 2.45) is 10.7 Å². The Kier molecular flexibility index (Phi) is 5.13. The van der Waals surface area contributed by atoms with Gasteiger partial charge in [0.15, 0.2) is 0 Å². The van der Waals surface area contributed by atoms with E-state index in [1.807, 2.05) is 54.7 Å². The van der Waals surface area contributed by atoms with Crippen LogP contribution in [0.25, 0.3) is 22.3 Å². The zero-order chi connectivity index (χ0) is 20.2. The molecule has 0 saturated carbocycles. The number of aliphatic imine (C=N–C) groups is 1. The van der Waals surface area contributed by atoms with E-state index in [0.29, 0.717) is 22.8 Å². The zero-order valence-corrected chi connectivity index (χ0v) is 15.8. The molecular formula is C22H21N5O2. The van der Waals surface area contributed by atoms with Crippen LogP contribution in [0.5, 0.6) is 11.5 Å². The molecule has 0 bridgehead atoms. The molecule has 146 valence electrons. The van der Waals surface area contributed by atoms with Crippen LogP contribution in [-0.4, -0.2) is 33.3 Å². The first kappa shape index (κ1) is 18.5. The molecule has 4 rings (SSSR count). The molecule has 0 aliphatic heterocycles. The maximum Gasteiger partial charge on any atom is 0.137 e. The number of rotatable bonds is 6. The van der Waals surface area contributed by atoms with Crippen molar-refractivity contribution in [3.05, 3.63) is 78.4 Å². The van der Waals surface area contributed by atoms with Gasteiger partial charge in [-0.25, -0.2) is 4.98 Å². The van der Waals surface area contributed by atoms with Gasteiger partial charge in [0.1, 0.15) is 23.4 Å². The molecule has 0 spiro atoms. The molecule has 0 saturated heterocycles. The molecule has 0 aliphatic rings. The van der Waals surface area contributed by atoms with E-state index in [9.17, 15) is 5.11 Å². The molecule has 2 aromatic heterocycles. The molecule has 0 aliphatic carbocycles. The highest BCUT2D eigenvalue weighted by Crippen LogP contribution is 2.29. The van der Waals surface area contributed by atoms with Crippen molar-refractivity contribution in [2.75, 3.05) is 7.05 Å². The second kappa shape index (κ2) is 8.04. The number of benzene rings is 2. The molecule has 7 nitrogen and oxygen atoms in total. The predicted molar refractivity (Wildman–Crippen MR) is 114 cm³/mol. The van der Waals surface area contributed by atoms with E-state index in [2.05, 4.69) is 19.9 Å². The van der Waals surface area contributed by atoms with Crippen LogP contribution in [0.4, 0.5) is 0 Å². The Hall–Kier alpha value is -3.84. The van der Waals surface area contributed by atoms with E-state index in [1.165, 1.54) is 12.4 Å². The van der Waals surface area contributed by atoms with Gasteiger partial charge in [-0.3, -0.25) is 4.99 Å². The summed E-state index contributed by atoms with van der Waals surface area (Å²) in [4.78, 5) is 14.6. The third-order valence-electron chi connectivity index (χ3n) is 4.54. The quantitative estimate of drug-likeness (QED) is 0.376. The number of aromatic nitrogens is 3. The number of aromatic amines is 2. The summed E-state index contributed by atoms with van der Waals surface area (Å²) >= 11 is 0. The first-order valence-electron chi connectivity index (χ1n) is 9.10. The lowest BCUT2D eigenvalue weighted by Gasteiger charge is -2.09. The number of imidazole rings is 1. The monoisotopic (exact) mass is 387 g/mol. The van der Waals surface area contributed by atoms with Gasteiger partial charge in [-0.2, -0.15) is 0 Å². The largest absolute Gasteiger partial charge is 0.457 e. The van der Waals surface area contributed by atoms with Gasteiger partial charge in [-0.05, 0) is 36.4 Å². The SMILES string of the molecule is CN=C/C(=C\N)C(O)c1cnc(-c2cccc(Oc3ccc4[nH]ccc4c3)c2)[nH]1. The smallest absolute Gasteiger partial charge is 0.137 e. The summed E-state index contributed by atoms with van der Waals surface area (Å²) in [6.45, 7) is 0. The van der Waals surface area contributed by atoms with Crippen LogP contribution in [-0.2, 0) is 0 Å². The van der Waals surface area contributed by atoms with Gasteiger partial charge in [0.25, 0.3) is 0 Å². The summed E-state index contributed by atoms with van der Waals surface area (Å²) in [6, 6.07) is 15.5. The van der Waals surface area contributed by atoms with Gasteiger partial charge in [0, 0.05) is 47.7 Å². The highest BCUT2D eigenvalue weighted by Gasteiger charge is 2.15. The van der Waals surface area contributed by atoms with E-state index in [-0.39, 0.29) is 0 Å². The average Bonchev–Trinajstić information content (AvgIpc) is 3.41. The van der Waals surface area contributed by atoms with Gasteiger partial charge in [0.05, 0.1) is 11.9 Å². The maximum atomic E-state index is 10.5. The van der Waals surface area contributed by atoms with Crippen molar-refractivity contribution in [3.63, 3.8) is 0 Å². The lowest BCUT2D eigenvalue weighted by molar-refractivity contribution is 0.218. The summed E-state index contributed by atoms with van der Waals surface area (Å²) in [6.07, 6.45) is 5.39. The third kappa shape index (κ3) is 3.90. The molecule has 2 aromatic carbocycles. The summed E-state index contributed by atoms with van der Waals surface area (Å²) < 4.78 is 6.01. The Labute approximate surface area is 167 Å². The molecule has 29 heavy (non-hydrogen) atoms. The summed E-state index contributed by atoms with van der Waals surface area (Å²) in [5, 5.41) is 11.5.